The third kappa shape index (κ3) is 2.21. The van der Waals surface area contributed by atoms with Gasteiger partial charge in [0.25, 0.3) is 0 Å². The normalized spacial score (nSPS) is 20.3. The molecular weight excluding hydrogens is 214 g/mol. The van der Waals surface area contributed by atoms with E-state index in [9.17, 15) is 0 Å². The van der Waals surface area contributed by atoms with Crippen molar-refractivity contribution in [1.82, 2.24) is 9.97 Å². The van der Waals surface area contributed by atoms with Gasteiger partial charge in [-0.05, 0) is 31.5 Å². The van der Waals surface area contributed by atoms with Gasteiger partial charge in [0.15, 0.2) is 0 Å². The summed E-state index contributed by atoms with van der Waals surface area (Å²) in [6.45, 7) is 6.52. The third-order valence-electron chi connectivity index (χ3n) is 2.53. The number of ether oxygens (including phenoxy) is 1. The Hall–Kier alpha value is -0.870. The predicted octanol–water partition coefficient (Wildman–Crippen LogP) is 1.75. The fourth-order valence-electron chi connectivity index (χ4n) is 1.76. The molecule has 1 aromatic heterocycles. The Morgan fingerprint density at radius 1 is 1.53 bits per heavy atom. The molecule has 0 aliphatic carbocycles. The minimum absolute atomic E-state index is 0.0457. The molecule has 1 aromatic rings. The van der Waals surface area contributed by atoms with Gasteiger partial charge in [-0.25, -0.2) is 9.97 Å². The van der Waals surface area contributed by atoms with Crippen LogP contribution in [0.5, 0.6) is 0 Å². The van der Waals surface area contributed by atoms with E-state index in [1.54, 1.807) is 6.20 Å². The largest absolute Gasteiger partial charge is 0.377 e. The van der Waals surface area contributed by atoms with Crippen LogP contribution in [0.3, 0.4) is 0 Å². The van der Waals surface area contributed by atoms with Crippen molar-refractivity contribution in [2.75, 3.05) is 24.7 Å². The summed E-state index contributed by atoms with van der Waals surface area (Å²) in [7, 11) is 0. The molecule has 15 heavy (non-hydrogen) atoms. The molecule has 0 unspecified atom stereocenters. The Morgan fingerprint density at radius 2 is 2.33 bits per heavy atom. The van der Waals surface area contributed by atoms with Crippen molar-refractivity contribution in [3.63, 3.8) is 0 Å². The zero-order valence-corrected chi connectivity index (χ0v) is 9.66. The number of nitrogens with zero attached hydrogens (tertiary/aromatic N) is 3. The van der Waals surface area contributed by atoms with Crippen LogP contribution in [-0.2, 0) is 4.74 Å². The standard InChI is InChI=1S/C10H14ClN3O/c1-10(2)7-15-6-5-14(10)8-3-4-12-9(11)13-8/h3-4H,5-7H2,1-2H3. The number of hydrogen-bond donors (Lipinski definition) is 0. The van der Waals surface area contributed by atoms with E-state index in [0.29, 0.717) is 6.61 Å². The van der Waals surface area contributed by atoms with Crippen molar-refractivity contribution in [2.45, 2.75) is 19.4 Å². The SMILES string of the molecule is CC1(C)COCCN1c1ccnc(Cl)n1. The van der Waals surface area contributed by atoms with Gasteiger partial charge in [0.2, 0.25) is 5.28 Å². The van der Waals surface area contributed by atoms with Gasteiger partial charge in [-0.3, -0.25) is 0 Å². The molecule has 0 spiro atoms. The summed E-state index contributed by atoms with van der Waals surface area (Å²) in [6.07, 6.45) is 1.68. The van der Waals surface area contributed by atoms with Crippen LogP contribution >= 0.6 is 11.6 Å². The molecule has 1 saturated heterocycles. The van der Waals surface area contributed by atoms with E-state index in [0.717, 1.165) is 19.0 Å². The summed E-state index contributed by atoms with van der Waals surface area (Å²) in [5.41, 5.74) is -0.0457. The average Bonchev–Trinajstić information content (AvgIpc) is 2.17. The molecule has 1 aliphatic heterocycles. The number of rotatable bonds is 1. The zero-order chi connectivity index (χ0) is 10.9. The molecule has 0 aromatic carbocycles. The van der Waals surface area contributed by atoms with Crippen LogP contribution in [0.25, 0.3) is 0 Å². The Kier molecular flexibility index (Phi) is 2.80. The lowest BCUT2D eigenvalue weighted by Gasteiger charge is -2.42. The van der Waals surface area contributed by atoms with Crippen molar-refractivity contribution >= 4 is 17.4 Å². The molecule has 2 rings (SSSR count). The first-order valence-electron chi connectivity index (χ1n) is 4.93. The van der Waals surface area contributed by atoms with Gasteiger partial charge < -0.3 is 9.64 Å². The second kappa shape index (κ2) is 3.94. The molecule has 4 nitrogen and oxygen atoms in total. The van der Waals surface area contributed by atoms with E-state index < -0.39 is 0 Å². The fourth-order valence-corrected chi connectivity index (χ4v) is 1.90. The molecule has 0 radical (unpaired) electrons. The van der Waals surface area contributed by atoms with Gasteiger partial charge in [-0.1, -0.05) is 0 Å². The van der Waals surface area contributed by atoms with Crippen molar-refractivity contribution < 1.29 is 4.74 Å². The van der Waals surface area contributed by atoms with E-state index >= 15 is 0 Å². The maximum atomic E-state index is 5.78. The second-order valence-electron chi connectivity index (χ2n) is 4.20. The van der Waals surface area contributed by atoms with E-state index in [1.165, 1.54) is 0 Å². The highest BCUT2D eigenvalue weighted by atomic mass is 35.5. The van der Waals surface area contributed by atoms with Crippen LogP contribution in [0.2, 0.25) is 5.28 Å². The molecule has 2 heterocycles. The van der Waals surface area contributed by atoms with Crippen LogP contribution in [0.4, 0.5) is 5.82 Å². The minimum Gasteiger partial charge on any atom is -0.377 e. The molecule has 5 heteroatoms. The Morgan fingerprint density at radius 3 is 3.00 bits per heavy atom. The van der Waals surface area contributed by atoms with Gasteiger partial charge >= 0.3 is 0 Å². The highest BCUT2D eigenvalue weighted by molar-refractivity contribution is 6.28. The topological polar surface area (TPSA) is 38.2 Å². The van der Waals surface area contributed by atoms with Crippen LogP contribution in [0.15, 0.2) is 12.3 Å². The van der Waals surface area contributed by atoms with Gasteiger partial charge in [0.1, 0.15) is 5.82 Å². The average molecular weight is 228 g/mol. The quantitative estimate of drug-likeness (QED) is 0.686. The third-order valence-corrected chi connectivity index (χ3v) is 2.72. The minimum atomic E-state index is -0.0457. The summed E-state index contributed by atoms with van der Waals surface area (Å²) in [6, 6.07) is 1.87. The van der Waals surface area contributed by atoms with Gasteiger partial charge in [0.05, 0.1) is 18.8 Å². The van der Waals surface area contributed by atoms with Crippen LogP contribution in [0, 0.1) is 0 Å². The summed E-state index contributed by atoms with van der Waals surface area (Å²) >= 11 is 5.78. The lowest BCUT2D eigenvalue weighted by Crippen LogP contribution is -2.53. The Balaban J connectivity index is 2.29. The second-order valence-corrected chi connectivity index (χ2v) is 4.54. The predicted molar refractivity (Wildman–Crippen MR) is 59.3 cm³/mol. The van der Waals surface area contributed by atoms with Gasteiger partial charge in [0, 0.05) is 12.7 Å². The maximum Gasteiger partial charge on any atom is 0.224 e. The smallest absolute Gasteiger partial charge is 0.224 e. The highest BCUT2D eigenvalue weighted by Gasteiger charge is 2.31. The molecule has 82 valence electrons. The number of aromatic nitrogens is 2. The number of morpholine rings is 1. The molecular formula is C10H14ClN3O. The summed E-state index contributed by atoms with van der Waals surface area (Å²) in [5, 5.41) is 0.287. The van der Waals surface area contributed by atoms with E-state index in [2.05, 4.69) is 28.7 Å². The van der Waals surface area contributed by atoms with Crippen molar-refractivity contribution in [1.29, 1.82) is 0 Å². The number of halogens is 1. The molecule has 1 fully saturated rings. The van der Waals surface area contributed by atoms with Crippen LogP contribution < -0.4 is 4.90 Å². The molecule has 0 N–H and O–H groups in total. The first kappa shape index (κ1) is 10.6. The van der Waals surface area contributed by atoms with Gasteiger partial charge in [-0.2, -0.15) is 0 Å². The summed E-state index contributed by atoms with van der Waals surface area (Å²) in [5.74, 6) is 0.864. The van der Waals surface area contributed by atoms with Crippen molar-refractivity contribution in [2.24, 2.45) is 0 Å². The van der Waals surface area contributed by atoms with E-state index in [4.69, 9.17) is 16.3 Å². The number of anilines is 1. The Bertz CT molecular complexity index is 356. The fraction of sp³-hybridized carbons (Fsp3) is 0.600. The molecule has 0 amide bonds. The molecule has 0 atom stereocenters. The summed E-state index contributed by atoms with van der Waals surface area (Å²) in [4.78, 5) is 10.3. The van der Waals surface area contributed by atoms with E-state index in [1.807, 2.05) is 6.07 Å². The van der Waals surface area contributed by atoms with Crippen LogP contribution in [-0.4, -0.2) is 35.3 Å². The molecule has 0 saturated carbocycles. The van der Waals surface area contributed by atoms with Gasteiger partial charge in [-0.15, -0.1) is 0 Å². The maximum absolute atomic E-state index is 5.78. The highest BCUT2D eigenvalue weighted by Crippen LogP contribution is 2.25. The van der Waals surface area contributed by atoms with Crippen molar-refractivity contribution in [3.05, 3.63) is 17.5 Å². The summed E-state index contributed by atoms with van der Waals surface area (Å²) < 4.78 is 5.45. The zero-order valence-electron chi connectivity index (χ0n) is 8.90. The lowest BCUT2D eigenvalue weighted by atomic mass is 10.0. The van der Waals surface area contributed by atoms with Crippen molar-refractivity contribution in [3.8, 4) is 0 Å². The first-order chi connectivity index (χ1) is 7.09. The first-order valence-corrected chi connectivity index (χ1v) is 5.31. The van der Waals surface area contributed by atoms with E-state index in [-0.39, 0.29) is 10.8 Å². The Labute approximate surface area is 94.2 Å². The number of hydrogen-bond acceptors (Lipinski definition) is 4. The lowest BCUT2D eigenvalue weighted by molar-refractivity contribution is 0.0639. The molecule has 0 bridgehead atoms. The monoisotopic (exact) mass is 227 g/mol. The van der Waals surface area contributed by atoms with Crippen LogP contribution in [0.1, 0.15) is 13.8 Å². The molecule has 1 aliphatic rings.